The van der Waals surface area contributed by atoms with Gasteiger partial charge in [0.05, 0.1) is 42.2 Å². The predicted molar refractivity (Wildman–Crippen MR) is 125 cm³/mol. The zero-order valence-electron chi connectivity index (χ0n) is 18.5. The minimum atomic E-state index is -0.444. The van der Waals surface area contributed by atoms with E-state index in [1.807, 2.05) is 57.3 Å². The number of halogens is 2. The zero-order valence-corrected chi connectivity index (χ0v) is 20.1. The predicted octanol–water partition coefficient (Wildman–Crippen LogP) is 4.50. The largest absolute Gasteiger partial charge is 0.396 e. The van der Waals surface area contributed by atoms with Crippen LogP contribution >= 0.6 is 23.5 Å². The van der Waals surface area contributed by atoms with E-state index in [4.69, 9.17) is 16.7 Å². The third-order valence-electron chi connectivity index (χ3n) is 4.52. The van der Waals surface area contributed by atoms with E-state index < -0.39 is 6.67 Å². The summed E-state index contributed by atoms with van der Waals surface area (Å²) in [5.41, 5.74) is 2.79. The number of alkyl halides is 1. The Balaban J connectivity index is 0.000000340. The van der Waals surface area contributed by atoms with Crippen molar-refractivity contribution in [3.05, 3.63) is 64.7 Å². The van der Waals surface area contributed by atoms with Gasteiger partial charge in [0.15, 0.2) is 0 Å². The highest BCUT2D eigenvalue weighted by Crippen LogP contribution is 2.28. The van der Waals surface area contributed by atoms with Crippen molar-refractivity contribution in [1.82, 2.24) is 23.9 Å². The first-order chi connectivity index (χ1) is 15.5. The highest BCUT2D eigenvalue weighted by Gasteiger charge is 2.26. The molecule has 1 amide bonds. The maximum atomic E-state index is 12.4. The van der Waals surface area contributed by atoms with Crippen LogP contribution in [-0.2, 0) is 24.4 Å². The summed E-state index contributed by atoms with van der Waals surface area (Å²) in [6.07, 6.45) is 3.75. The molecule has 0 aliphatic carbocycles. The topological polar surface area (TPSA) is 76.2 Å². The van der Waals surface area contributed by atoms with Crippen LogP contribution in [0, 0.1) is 6.92 Å². The van der Waals surface area contributed by atoms with Gasteiger partial charge in [0.1, 0.15) is 6.67 Å². The number of fused-ring (bicyclic) bond motifs is 1. The minimum Gasteiger partial charge on any atom is -0.396 e. The summed E-state index contributed by atoms with van der Waals surface area (Å²) in [6.45, 7) is 6.57. The normalized spacial score (nSPS) is 11.9. The quantitative estimate of drug-likeness (QED) is 0.560. The lowest BCUT2D eigenvalue weighted by molar-refractivity contribution is -0.132. The van der Waals surface area contributed by atoms with E-state index in [0.717, 1.165) is 26.9 Å². The molecule has 0 unspecified atom stereocenters. The molecule has 174 valence electrons. The summed E-state index contributed by atoms with van der Waals surface area (Å²) >= 11 is 6.96. The van der Waals surface area contributed by atoms with Gasteiger partial charge in [0, 0.05) is 41.7 Å². The summed E-state index contributed by atoms with van der Waals surface area (Å²) in [7, 11) is 0. The summed E-state index contributed by atoms with van der Waals surface area (Å²) < 4.78 is 15.8. The van der Waals surface area contributed by atoms with Gasteiger partial charge in [-0.2, -0.15) is 10.2 Å². The lowest BCUT2D eigenvalue weighted by atomic mass is 10.3. The van der Waals surface area contributed by atoms with Crippen molar-refractivity contribution in [3.63, 3.8) is 0 Å². The number of hydrogen-bond donors (Lipinski definition) is 1. The Kier molecular flexibility index (Phi) is 10.7. The van der Waals surface area contributed by atoms with E-state index in [0.29, 0.717) is 13.1 Å². The van der Waals surface area contributed by atoms with Crippen molar-refractivity contribution in [2.75, 3.05) is 13.3 Å². The van der Waals surface area contributed by atoms with Crippen LogP contribution in [0.1, 0.15) is 37.2 Å². The molecule has 1 N–H and O–H groups in total. The number of rotatable bonds is 6. The molecule has 1 aromatic carbocycles. The van der Waals surface area contributed by atoms with Gasteiger partial charge in [-0.25, -0.2) is 8.48 Å². The maximum absolute atomic E-state index is 12.4. The Morgan fingerprint density at radius 3 is 2.53 bits per heavy atom. The standard InChI is InChI=1S/C14H18FN5O2S.C6H5Cl.C2H6/c1-10-13(6-16-19(10)4-3-15)23-20-8-11-7-18(9-12(11)17-20)14(22)2-5-21;7-6-4-2-1-3-5-6;1-2/h6,8,21H,2-5,7,9H2,1H3;1-5H;1-2H3. The maximum Gasteiger partial charge on any atom is 0.225 e. The summed E-state index contributed by atoms with van der Waals surface area (Å²) in [4.78, 5) is 14.4. The van der Waals surface area contributed by atoms with Crippen molar-refractivity contribution in [2.24, 2.45) is 0 Å². The molecule has 1 aliphatic rings. The lowest BCUT2D eigenvalue weighted by Crippen LogP contribution is -2.26. The van der Waals surface area contributed by atoms with Crippen LogP contribution in [0.25, 0.3) is 0 Å². The van der Waals surface area contributed by atoms with E-state index in [1.165, 1.54) is 11.9 Å². The van der Waals surface area contributed by atoms with E-state index in [1.54, 1.807) is 19.9 Å². The Morgan fingerprint density at radius 1 is 1.25 bits per heavy atom. The number of aliphatic hydroxyl groups excluding tert-OH is 1. The van der Waals surface area contributed by atoms with Crippen molar-refractivity contribution in [2.45, 2.75) is 51.7 Å². The molecule has 0 spiro atoms. The molecule has 0 saturated heterocycles. The molecule has 4 rings (SSSR count). The number of carbonyl (C=O) groups excluding carboxylic acids is 1. The number of aromatic nitrogens is 4. The molecule has 0 bridgehead atoms. The Morgan fingerprint density at radius 2 is 1.97 bits per heavy atom. The minimum absolute atomic E-state index is 0.0620. The van der Waals surface area contributed by atoms with Crippen LogP contribution in [0.4, 0.5) is 4.39 Å². The Hall–Kier alpha value is -2.36. The molecule has 0 atom stereocenters. The van der Waals surface area contributed by atoms with Gasteiger partial charge < -0.3 is 10.0 Å². The Bertz CT molecular complexity index is 957. The second-order valence-electron chi connectivity index (χ2n) is 6.62. The highest BCUT2D eigenvalue weighted by molar-refractivity contribution is 7.97. The molecule has 0 radical (unpaired) electrons. The molecule has 10 heteroatoms. The first-order valence-corrected chi connectivity index (χ1v) is 11.6. The van der Waals surface area contributed by atoms with E-state index in [9.17, 15) is 9.18 Å². The van der Waals surface area contributed by atoms with Gasteiger partial charge in [0.2, 0.25) is 5.91 Å². The van der Waals surface area contributed by atoms with E-state index in [2.05, 4.69) is 10.2 Å². The fraction of sp³-hybridized carbons (Fsp3) is 0.409. The van der Waals surface area contributed by atoms with Crippen LogP contribution in [0.5, 0.6) is 0 Å². The van der Waals surface area contributed by atoms with Crippen molar-refractivity contribution >= 4 is 29.5 Å². The molecule has 3 aromatic rings. The van der Waals surface area contributed by atoms with Crippen LogP contribution in [0.2, 0.25) is 5.02 Å². The molecular formula is C22H29ClFN5O2S. The number of nitrogens with zero attached hydrogens (tertiary/aromatic N) is 5. The molecule has 2 aromatic heterocycles. The molecule has 0 saturated carbocycles. The molecule has 0 fully saturated rings. The third-order valence-corrected chi connectivity index (χ3v) is 5.74. The second-order valence-corrected chi connectivity index (χ2v) is 8.05. The number of amides is 1. The molecule has 1 aliphatic heterocycles. The van der Waals surface area contributed by atoms with Crippen LogP contribution in [-0.4, -0.2) is 48.2 Å². The number of aliphatic hydroxyl groups is 1. The number of carbonyl (C=O) groups is 1. The van der Waals surface area contributed by atoms with Crippen LogP contribution < -0.4 is 0 Å². The van der Waals surface area contributed by atoms with Crippen molar-refractivity contribution in [3.8, 4) is 0 Å². The van der Waals surface area contributed by atoms with Crippen molar-refractivity contribution < 1.29 is 14.3 Å². The third kappa shape index (κ3) is 7.08. The first kappa shape index (κ1) is 25.9. The number of aryl methyl sites for hydroxylation is 1. The fourth-order valence-corrected chi connectivity index (χ4v) is 3.94. The second kappa shape index (κ2) is 13.2. The van der Waals surface area contributed by atoms with Crippen molar-refractivity contribution in [1.29, 1.82) is 0 Å². The van der Waals surface area contributed by atoms with Crippen LogP contribution in [0.15, 0.2) is 47.6 Å². The van der Waals surface area contributed by atoms with Crippen LogP contribution in [0.3, 0.4) is 0 Å². The summed E-state index contributed by atoms with van der Waals surface area (Å²) in [6, 6.07) is 9.44. The summed E-state index contributed by atoms with van der Waals surface area (Å²) in [5.74, 6) is -0.0620. The molecule has 7 nitrogen and oxygen atoms in total. The molecule has 32 heavy (non-hydrogen) atoms. The molecule has 3 heterocycles. The Labute approximate surface area is 197 Å². The monoisotopic (exact) mass is 481 g/mol. The average Bonchev–Trinajstić information content (AvgIpc) is 3.46. The number of benzene rings is 1. The van der Waals surface area contributed by atoms with Gasteiger partial charge in [0.25, 0.3) is 0 Å². The lowest BCUT2D eigenvalue weighted by Gasteiger charge is -2.14. The van der Waals surface area contributed by atoms with Gasteiger partial charge in [-0.3, -0.25) is 9.48 Å². The van der Waals surface area contributed by atoms with Gasteiger partial charge >= 0.3 is 0 Å². The van der Waals surface area contributed by atoms with E-state index in [-0.39, 0.29) is 25.5 Å². The average molecular weight is 482 g/mol. The first-order valence-electron chi connectivity index (χ1n) is 10.4. The smallest absolute Gasteiger partial charge is 0.225 e. The fourth-order valence-electron chi connectivity index (χ4n) is 2.94. The highest BCUT2D eigenvalue weighted by atomic mass is 35.5. The SMILES string of the molecule is CC.Cc1c(Sn2cc3c(n2)CN(C(=O)CCO)C3)cnn1CCF.Clc1ccccc1. The van der Waals surface area contributed by atoms with E-state index >= 15 is 0 Å². The zero-order chi connectivity index (χ0) is 23.5. The molecular weight excluding hydrogens is 453 g/mol. The van der Waals surface area contributed by atoms with Gasteiger partial charge in [-0.1, -0.05) is 43.6 Å². The van der Waals surface area contributed by atoms with Gasteiger partial charge in [-0.05, 0) is 19.1 Å². The number of hydrogen-bond acceptors (Lipinski definition) is 5. The van der Waals surface area contributed by atoms with Gasteiger partial charge in [-0.15, -0.1) is 0 Å². The summed E-state index contributed by atoms with van der Waals surface area (Å²) in [5, 5.41) is 18.3.